The van der Waals surface area contributed by atoms with Gasteiger partial charge in [-0.3, -0.25) is 0 Å². The molecule has 19 rings (SSSR count). The van der Waals surface area contributed by atoms with Crippen LogP contribution < -0.4 is 37.9 Å². The molecular formula is C64H55N5O8. The summed E-state index contributed by atoms with van der Waals surface area (Å²) >= 11 is 0. The minimum Gasteiger partial charge on any atom is -0.493 e. The lowest BCUT2D eigenvalue weighted by molar-refractivity contribution is 0.216. The van der Waals surface area contributed by atoms with Gasteiger partial charge in [-0.2, -0.15) is 0 Å². The van der Waals surface area contributed by atoms with Gasteiger partial charge in [0.15, 0.2) is 0 Å². The van der Waals surface area contributed by atoms with Crippen molar-refractivity contribution < 1.29 is 37.9 Å². The minimum atomic E-state index is 0.381. The summed E-state index contributed by atoms with van der Waals surface area (Å²) in [6.45, 7) is 3.56. The van der Waals surface area contributed by atoms with Crippen LogP contribution in [-0.2, 0) is 0 Å². The lowest BCUT2D eigenvalue weighted by Gasteiger charge is -2.11. The van der Waals surface area contributed by atoms with Crippen LogP contribution in [0.3, 0.4) is 0 Å². The van der Waals surface area contributed by atoms with E-state index in [1.54, 1.807) is 12.4 Å². The van der Waals surface area contributed by atoms with E-state index < -0.39 is 0 Å². The Balaban J connectivity index is 0.718. The summed E-state index contributed by atoms with van der Waals surface area (Å²) in [5, 5.41) is 2.03. The first-order valence-electron chi connectivity index (χ1n) is 25.8. The lowest BCUT2D eigenvalue weighted by atomic mass is 10.1. The SMILES string of the molecule is C1=CCCOc2ccc(cn2)-c2cccc(n2)-c2ccc(nc2)OCCCOc2ccc(cc2)OCCOc2ccc(cc2)-c2ccc3ccc4ccc(nc4c3n2)-c2ccc(cc2)OCCOc2ccc(cc2)OCC1. The van der Waals surface area contributed by atoms with Crippen molar-refractivity contribution in [3.05, 3.63) is 200 Å². The third kappa shape index (κ3) is 13.3. The van der Waals surface area contributed by atoms with Crippen molar-refractivity contribution in [3.8, 4) is 91.3 Å². The predicted molar refractivity (Wildman–Crippen MR) is 298 cm³/mol. The molecule has 0 N–H and O–H groups in total. The average molecular weight is 1020 g/mol. The molecule has 5 aromatic heterocycles. The third-order valence-electron chi connectivity index (χ3n) is 12.6. The van der Waals surface area contributed by atoms with E-state index in [0.717, 1.165) is 114 Å². The van der Waals surface area contributed by atoms with E-state index in [2.05, 4.69) is 46.4 Å². The molecule has 0 saturated carbocycles. The van der Waals surface area contributed by atoms with Gasteiger partial charge in [-0.1, -0.05) is 42.5 Å². The minimum absolute atomic E-state index is 0.381. The number of pyridine rings is 5. The summed E-state index contributed by atoms with van der Waals surface area (Å²) in [7, 11) is 0. The van der Waals surface area contributed by atoms with Crippen molar-refractivity contribution in [2.45, 2.75) is 19.3 Å². The highest BCUT2D eigenvalue weighted by Gasteiger charge is 2.12. The summed E-state index contributed by atoms with van der Waals surface area (Å²) in [6, 6.07) is 57.1. The second-order valence-corrected chi connectivity index (χ2v) is 18.0. The van der Waals surface area contributed by atoms with E-state index in [4.69, 9.17) is 52.8 Å². The maximum absolute atomic E-state index is 6.03. The zero-order chi connectivity index (χ0) is 51.9. The fraction of sp³-hybridized carbons (Fsp3) is 0.172. The molecule has 77 heavy (non-hydrogen) atoms. The molecule has 5 aromatic carbocycles. The van der Waals surface area contributed by atoms with Crippen LogP contribution in [0.15, 0.2) is 200 Å². The van der Waals surface area contributed by atoms with Gasteiger partial charge in [-0.25, -0.2) is 24.9 Å². The molecule has 13 heteroatoms. The van der Waals surface area contributed by atoms with Crippen LogP contribution in [0.25, 0.3) is 66.8 Å². The molecule has 18 bridgehead atoms. The molecule has 0 spiro atoms. The number of ether oxygens (including phenoxy) is 8. The molecule has 0 unspecified atom stereocenters. The smallest absolute Gasteiger partial charge is 0.213 e. The van der Waals surface area contributed by atoms with Gasteiger partial charge in [0.1, 0.15) is 60.9 Å². The standard InChI is InChI=1S/C64H55N5O8/c1-2-4-36-76-61-33-17-49(43-65-61)57-7-5-8-58(67-57)50-18-34-62(66-44-50)77-38-6-37-71-54-25-29-56(30-26-54)75-42-40-73-52-21-13-46(14-22-52)60-32-16-48-10-9-47-15-31-59(68-63(47)64(48)69-60)45-11-19-51(20-12-45)72-39-41-74-55-27-23-53(24-28-55)70-35-3-1/h1-2,5,7-34,43-44H,3-4,6,35-42H2. The zero-order valence-corrected chi connectivity index (χ0v) is 42.3. The van der Waals surface area contributed by atoms with Crippen LogP contribution in [-0.4, -0.2) is 77.8 Å². The fourth-order valence-electron chi connectivity index (χ4n) is 8.56. The Kier molecular flexibility index (Phi) is 15.9. The zero-order valence-electron chi connectivity index (χ0n) is 42.3. The second-order valence-electron chi connectivity index (χ2n) is 18.0. The molecule has 14 heterocycles. The first kappa shape index (κ1) is 49.7. The van der Waals surface area contributed by atoms with E-state index in [-0.39, 0.29) is 0 Å². The topological polar surface area (TPSA) is 138 Å². The number of rotatable bonds is 0. The molecule has 0 radical (unpaired) electrons. The van der Waals surface area contributed by atoms with Gasteiger partial charge in [0, 0.05) is 64.0 Å². The highest BCUT2D eigenvalue weighted by molar-refractivity contribution is 6.04. The van der Waals surface area contributed by atoms with Crippen LogP contribution in [0.1, 0.15) is 19.3 Å². The van der Waals surface area contributed by atoms with E-state index >= 15 is 0 Å². The van der Waals surface area contributed by atoms with Gasteiger partial charge in [-0.15, -0.1) is 0 Å². The molecule has 0 fully saturated rings. The first-order valence-corrected chi connectivity index (χ1v) is 25.8. The molecule has 0 aliphatic carbocycles. The van der Waals surface area contributed by atoms with E-state index in [9.17, 15) is 0 Å². The first-order chi connectivity index (χ1) is 38.1. The van der Waals surface area contributed by atoms with Crippen LogP contribution >= 0.6 is 0 Å². The molecule has 13 nitrogen and oxygen atoms in total. The Morgan fingerprint density at radius 3 is 1.04 bits per heavy atom. The average Bonchev–Trinajstić information content (AvgIpc) is 3.50. The van der Waals surface area contributed by atoms with Gasteiger partial charge >= 0.3 is 0 Å². The summed E-state index contributed by atoms with van der Waals surface area (Å²) in [5.74, 6) is 5.59. The highest BCUT2D eigenvalue weighted by Crippen LogP contribution is 2.31. The van der Waals surface area contributed by atoms with Gasteiger partial charge < -0.3 is 37.9 Å². The number of hydrogen-bond acceptors (Lipinski definition) is 13. The molecule has 9 aliphatic rings. The van der Waals surface area contributed by atoms with E-state index in [1.807, 2.05) is 152 Å². The molecule has 9 aliphatic heterocycles. The number of nitrogens with zero attached hydrogens (tertiary/aromatic N) is 5. The fourth-order valence-corrected chi connectivity index (χ4v) is 8.56. The van der Waals surface area contributed by atoms with Crippen LogP contribution in [0.5, 0.6) is 46.3 Å². The van der Waals surface area contributed by atoms with Gasteiger partial charge in [0.25, 0.3) is 0 Å². The number of benzene rings is 5. The maximum atomic E-state index is 6.03. The van der Waals surface area contributed by atoms with Crippen molar-refractivity contribution in [1.82, 2.24) is 24.9 Å². The number of aromatic nitrogens is 5. The molecular weight excluding hydrogens is 967 g/mol. The van der Waals surface area contributed by atoms with Crippen molar-refractivity contribution in [3.63, 3.8) is 0 Å². The van der Waals surface area contributed by atoms with Crippen LogP contribution in [0.2, 0.25) is 0 Å². The van der Waals surface area contributed by atoms with E-state index in [0.29, 0.717) is 71.0 Å². The quantitative estimate of drug-likeness (QED) is 0.105. The van der Waals surface area contributed by atoms with Crippen molar-refractivity contribution in [2.24, 2.45) is 0 Å². The van der Waals surface area contributed by atoms with Crippen LogP contribution in [0.4, 0.5) is 0 Å². The largest absolute Gasteiger partial charge is 0.493 e. The summed E-state index contributed by atoms with van der Waals surface area (Å²) < 4.78 is 47.7. The van der Waals surface area contributed by atoms with Gasteiger partial charge in [-0.05, 0) is 146 Å². The molecule has 0 saturated heterocycles. The second kappa shape index (κ2) is 24.7. The Bertz CT molecular complexity index is 3540. The normalized spacial score (nSPS) is 13.9. The predicted octanol–water partition coefficient (Wildman–Crippen LogP) is 13.5. The lowest BCUT2D eigenvalue weighted by Crippen LogP contribution is -2.09. The van der Waals surface area contributed by atoms with Gasteiger partial charge in [0.2, 0.25) is 11.8 Å². The van der Waals surface area contributed by atoms with Crippen molar-refractivity contribution >= 4 is 21.8 Å². The number of fused-ring (bicyclic) bond motifs is 2. The Morgan fingerprint density at radius 1 is 0.273 bits per heavy atom. The van der Waals surface area contributed by atoms with E-state index in [1.165, 1.54) is 0 Å². The Morgan fingerprint density at radius 2 is 0.610 bits per heavy atom. The van der Waals surface area contributed by atoms with Crippen LogP contribution in [0, 0.1) is 0 Å². The number of hydrogen-bond donors (Lipinski definition) is 0. The van der Waals surface area contributed by atoms with Crippen molar-refractivity contribution in [2.75, 3.05) is 52.9 Å². The van der Waals surface area contributed by atoms with Gasteiger partial charge in [0.05, 0.1) is 60.2 Å². The van der Waals surface area contributed by atoms with Crippen molar-refractivity contribution in [1.29, 1.82) is 0 Å². The maximum Gasteiger partial charge on any atom is 0.213 e. The molecule has 0 atom stereocenters. The molecule has 10 aromatic rings. The summed E-state index contributed by atoms with van der Waals surface area (Å²) in [6.07, 6.45) is 9.95. The summed E-state index contributed by atoms with van der Waals surface area (Å²) in [5.41, 5.74) is 8.70. The molecule has 0 amide bonds. The monoisotopic (exact) mass is 1020 g/mol. The molecule has 384 valence electrons. The third-order valence-corrected chi connectivity index (χ3v) is 12.6. The Labute approximate surface area is 446 Å². The Hall–Kier alpha value is -9.49. The highest BCUT2D eigenvalue weighted by atomic mass is 16.5. The summed E-state index contributed by atoms with van der Waals surface area (Å²) in [4.78, 5) is 24.2.